The van der Waals surface area contributed by atoms with Crippen LogP contribution < -0.4 is 40.5 Å². The van der Waals surface area contributed by atoms with Gasteiger partial charge in [0.15, 0.2) is 0 Å². The normalized spacial score (nSPS) is 11.6. The zero-order valence-electron chi connectivity index (χ0n) is 29.6. The molecule has 0 saturated heterocycles. The van der Waals surface area contributed by atoms with Crippen molar-refractivity contribution in [3.63, 3.8) is 0 Å². The van der Waals surface area contributed by atoms with Crippen LogP contribution in [0.4, 0.5) is 16.2 Å². The Bertz CT molecular complexity index is 1660. The van der Waals surface area contributed by atoms with Gasteiger partial charge in [-0.25, -0.2) is 4.79 Å². The molecule has 4 aromatic carbocycles. The first-order valence-corrected chi connectivity index (χ1v) is 16.6. The van der Waals surface area contributed by atoms with Gasteiger partial charge in [0.05, 0.1) is 27.3 Å². The summed E-state index contributed by atoms with van der Waals surface area (Å²) in [6, 6.07) is 29.7. The lowest BCUT2D eigenvalue weighted by atomic mass is 10.0. The van der Waals surface area contributed by atoms with Gasteiger partial charge in [-0.15, -0.1) is 0 Å². The fourth-order valence-corrected chi connectivity index (χ4v) is 5.31. The highest BCUT2D eigenvalue weighted by molar-refractivity contribution is 6.00. The van der Waals surface area contributed by atoms with Crippen molar-refractivity contribution in [3.05, 3.63) is 120 Å². The molecule has 272 valence electrons. The number of hydrogen-bond donors (Lipinski definition) is 4. The second-order valence-corrected chi connectivity index (χ2v) is 11.8. The average molecular weight is 709 g/mol. The molecule has 0 saturated carbocycles. The summed E-state index contributed by atoms with van der Waals surface area (Å²) in [5, 5.41) is 10.3. The van der Waals surface area contributed by atoms with Crippen molar-refractivity contribution in [2.75, 3.05) is 51.2 Å². The van der Waals surface area contributed by atoms with Crippen molar-refractivity contribution in [2.45, 2.75) is 24.9 Å². The smallest absolute Gasteiger partial charge is 0.315 e. The SMILES string of the molecule is COc1ccc(N(C)C(=O)[C@H](Cc2ccccc2)NC(=O)CNC(=O)NCC(=O)N[C@@H](Cc2ccccc2)C(=O)N(C)c2ccc(OC)cc2)cc1. The van der Waals surface area contributed by atoms with Crippen LogP contribution in [0.5, 0.6) is 11.5 Å². The molecule has 0 aliphatic carbocycles. The molecule has 2 atom stereocenters. The van der Waals surface area contributed by atoms with Gasteiger partial charge in [0.25, 0.3) is 0 Å². The van der Waals surface area contributed by atoms with Gasteiger partial charge in [0, 0.05) is 38.3 Å². The van der Waals surface area contributed by atoms with Gasteiger partial charge < -0.3 is 40.5 Å². The Hall–Kier alpha value is -6.37. The standard InChI is InChI=1S/C39H44N6O7/c1-44(29-15-19-31(51-3)20-16-29)37(48)33(23-27-11-7-5-8-12-27)42-35(46)25-40-39(50)41-26-36(47)43-34(24-28-13-9-6-10-14-28)38(49)45(2)30-17-21-32(52-4)22-18-30/h5-22,33-34H,23-26H2,1-4H3,(H,42,46)(H,43,47)(H2,40,41,50)/t33-,34-/m0/s1. The molecule has 0 radical (unpaired) electrons. The zero-order chi connectivity index (χ0) is 37.5. The number of methoxy groups -OCH3 is 2. The minimum Gasteiger partial charge on any atom is -0.497 e. The lowest BCUT2D eigenvalue weighted by Crippen LogP contribution is -2.53. The molecule has 4 rings (SSSR count). The quantitative estimate of drug-likeness (QED) is 0.139. The molecule has 0 heterocycles. The van der Waals surface area contributed by atoms with Crippen LogP contribution in [0.15, 0.2) is 109 Å². The van der Waals surface area contributed by atoms with E-state index in [1.54, 1.807) is 76.8 Å². The van der Waals surface area contributed by atoms with Crippen LogP contribution in [0.25, 0.3) is 0 Å². The number of benzene rings is 4. The topological polar surface area (TPSA) is 158 Å². The molecule has 6 amide bonds. The molecule has 0 unspecified atom stereocenters. The molecule has 13 heteroatoms. The first-order chi connectivity index (χ1) is 25.1. The number of ether oxygens (including phenoxy) is 2. The number of rotatable bonds is 16. The number of urea groups is 1. The number of carbonyl (C=O) groups is 5. The second kappa shape index (κ2) is 19.1. The summed E-state index contributed by atoms with van der Waals surface area (Å²) in [7, 11) is 6.32. The van der Waals surface area contributed by atoms with Gasteiger partial charge in [0.1, 0.15) is 23.6 Å². The number of likely N-dealkylation sites (N-methyl/N-ethyl adjacent to an activating group) is 2. The second-order valence-electron chi connectivity index (χ2n) is 11.8. The first-order valence-electron chi connectivity index (χ1n) is 16.6. The van der Waals surface area contributed by atoms with Crippen LogP contribution in [0.3, 0.4) is 0 Å². The van der Waals surface area contributed by atoms with Crippen molar-refractivity contribution in [1.29, 1.82) is 0 Å². The number of amides is 6. The van der Waals surface area contributed by atoms with Crippen molar-refractivity contribution in [1.82, 2.24) is 21.3 Å². The highest BCUT2D eigenvalue weighted by Gasteiger charge is 2.27. The Kier molecular flexibility index (Phi) is 14.1. The van der Waals surface area contributed by atoms with Gasteiger partial charge >= 0.3 is 6.03 Å². The van der Waals surface area contributed by atoms with Crippen LogP contribution in [-0.4, -0.2) is 83.1 Å². The van der Waals surface area contributed by atoms with Crippen LogP contribution in [0.1, 0.15) is 11.1 Å². The third-order valence-electron chi connectivity index (χ3n) is 8.23. The maximum atomic E-state index is 13.6. The minimum atomic E-state index is -0.937. The fourth-order valence-electron chi connectivity index (χ4n) is 5.31. The van der Waals surface area contributed by atoms with E-state index in [4.69, 9.17) is 9.47 Å². The van der Waals surface area contributed by atoms with E-state index in [0.29, 0.717) is 22.9 Å². The summed E-state index contributed by atoms with van der Waals surface area (Å²) >= 11 is 0. The van der Waals surface area contributed by atoms with E-state index < -0.39 is 43.0 Å². The Morgan fingerprint density at radius 2 is 0.885 bits per heavy atom. The van der Waals surface area contributed by atoms with Gasteiger partial charge in [0.2, 0.25) is 23.6 Å². The van der Waals surface area contributed by atoms with Crippen LogP contribution in [0, 0.1) is 0 Å². The summed E-state index contributed by atoms with van der Waals surface area (Å²) in [4.78, 5) is 68.6. The van der Waals surface area contributed by atoms with E-state index >= 15 is 0 Å². The van der Waals surface area contributed by atoms with Gasteiger partial charge in [-0.2, -0.15) is 0 Å². The Morgan fingerprint density at radius 1 is 0.538 bits per heavy atom. The van der Waals surface area contributed by atoms with E-state index in [1.807, 2.05) is 60.7 Å². The minimum absolute atomic E-state index is 0.217. The lowest BCUT2D eigenvalue weighted by Gasteiger charge is -2.25. The number of nitrogens with zero attached hydrogens (tertiary/aromatic N) is 2. The monoisotopic (exact) mass is 708 g/mol. The summed E-state index contributed by atoms with van der Waals surface area (Å²) in [5.41, 5.74) is 2.88. The van der Waals surface area contributed by atoms with E-state index in [9.17, 15) is 24.0 Å². The summed E-state index contributed by atoms with van der Waals surface area (Å²) in [5.74, 6) is -0.655. The fraction of sp³-hybridized carbons (Fsp3) is 0.256. The largest absolute Gasteiger partial charge is 0.497 e. The molecule has 0 spiro atoms. The Morgan fingerprint density at radius 3 is 1.21 bits per heavy atom. The van der Waals surface area contributed by atoms with Crippen LogP contribution >= 0.6 is 0 Å². The molecule has 52 heavy (non-hydrogen) atoms. The molecule has 0 aliphatic heterocycles. The van der Waals surface area contributed by atoms with Crippen molar-refractivity contribution in [3.8, 4) is 11.5 Å². The third-order valence-corrected chi connectivity index (χ3v) is 8.23. The first kappa shape index (κ1) is 38.4. The summed E-state index contributed by atoms with van der Waals surface area (Å²) < 4.78 is 10.4. The van der Waals surface area contributed by atoms with Gasteiger partial charge in [-0.3, -0.25) is 19.2 Å². The van der Waals surface area contributed by atoms with E-state index in [-0.39, 0.29) is 24.7 Å². The van der Waals surface area contributed by atoms with Crippen LogP contribution in [0.2, 0.25) is 0 Å². The van der Waals surface area contributed by atoms with Gasteiger partial charge in [-0.1, -0.05) is 60.7 Å². The molecule has 0 fully saturated rings. The van der Waals surface area contributed by atoms with Crippen molar-refractivity contribution >= 4 is 41.0 Å². The predicted molar refractivity (Wildman–Crippen MR) is 198 cm³/mol. The third kappa shape index (κ3) is 11.3. The number of anilines is 2. The molecular weight excluding hydrogens is 664 g/mol. The number of carbonyl (C=O) groups excluding carboxylic acids is 5. The summed E-state index contributed by atoms with van der Waals surface area (Å²) in [6.45, 7) is -0.917. The maximum Gasteiger partial charge on any atom is 0.315 e. The molecule has 4 N–H and O–H groups in total. The zero-order valence-corrected chi connectivity index (χ0v) is 29.6. The number of hydrogen-bond acceptors (Lipinski definition) is 7. The van der Waals surface area contributed by atoms with Crippen molar-refractivity contribution in [2.24, 2.45) is 0 Å². The molecule has 13 nitrogen and oxygen atoms in total. The molecule has 0 bridgehead atoms. The molecule has 0 aliphatic rings. The van der Waals surface area contributed by atoms with E-state index in [0.717, 1.165) is 11.1 Å². The summed E-state index contributed by atoms with van der Waals surface area (Å²) in [6.07, 6.45) is 0.434. The highest BCUT2D eigenvalue weighted by Crippen LogP contribution is 2.21. The predicted octanol–water partition coefficient (Wildman–Crippen LogP) is 3.08. The van der Waals surface area contributed by atoms with E-state index in [1.165, 1.54) is 9.80 Å². The average Bonchev–Trinajstić information content (AvgIpc) is 3.18. The van der Waals surface area contributed by atoms with Crippen molar-refractivity contribution < 1.29 is 33.4 Å². The van der Waals surface area contributed by atoms with Crippen LogP contribution in [-0.2, 0) is 32.0 Å². The lowest BCUT2D eigenvalue weighted by molar-refractivity contribution is -0.127. The highest BCUT2D eigenvalue weighted by atomic mass is 16.5. The van der Waals surface area contributed by atoms with Gasteiger partial charge in [-0.05, 0) is 59.7 Å². The molecule has 4 aromatic rings. The Balaban J connectivity index is 1.32. The molecule has 0 aromatic heterocycles. The maximum absolute atomic E-state index is 13.6. The Labute approximate surface area is 303 Å². The van der Waals surface area contributed by atoms with E-state index in [2.05, 4.69) is 21.3 Å². The number of nitrogens with one attached hydrogen (secondary N) is 4. The molecular formula is C39H44N6O7.